The minimum Gasteiger partial charge on any atom is -0.306 e. The summed E-state index contributed by atoms with van der Waals surface area (Å²) in [6.45, 7) is 3.48. The number of hydrazine groups is 1. The van der Waals surface area contributed by atoms with Gasteiger partial charge in [0.05, 0.1) is 0 Å². The highest BCUT2D eigenvalue weighted by Crippen LogP contribution is 2.17. The van der Waals surface area contributed by atoms with E-state index < -0.39 is 0 Å². The Labute approximate surface area is 68.9 Å². The van der Waals surface area contributed by atoms with Crippen LogP contribution in [0.4, 0.5) is 0 Å². The van der Waals surface area contributed by atoms with Crippen LogP contribution >= 0.6 is 0 Å². The number of likely N-dealkylation sites (tertiary alicyclic amines) is 1. The third-order valence-corrected chi connectivity index (χ3v) is 2.42. The number of rotatable bonds is 3. The SMILES string of the molecule is CN1CCCC(CCNN)C1. The van der Waals surface area contributed by atoms with Crippen molar-refractivity contribution in [3.63, 3.8) is 0 Å². The van der Waals surface area contributed by atoms with E-state index in [0.29, 0.717) is 0 Å². The first-order chi connectivity index (χ1) is 5.33. The summed E-state index contributed by atoms with van der Waals surface area (Å²) in [6.07, 6.45) is 3.96. The number of hydrogen-bond donors (Lipinski definition) is 2. The Hall–Kier alpha value is -0.120. The molecule has 0 bridgehead atoms. The second-order valence-electron chi connectivity index (χ2n) is 3.51. The molecule has 0 aromatic carbocycles. The van der Waals surface area contributed by atoms with E-state index in [1.807, 2.05) is 0 Å². The molecule has 0 aromatic rings. The van der Waals surface area contributed by atoms with Crippen molar-refractivity contribution in [1.82, 2.24) is 10.3 Å². The third kappa shape index (κ3) is 3.18. The summed E-state index contributed by atoms with van der Waals surface area (Å²) in [7, 11) is 2.20. The topological polar surface area (TPSA) is 41.3 Å². The molecule has 0 radical (unpaired) electrons. The van der Waals surface area contributed by atoms with E-state index in [-0.39, 0.29) is 0 Å². The summed E-state index contributed by atoms with van der Waals surface area (Å²) >= 11 is 0. The summed E-state index contributed by atoms with van der Waals surface area (Å²) in [4.78, 5) is 2.41. The maximum absolute atomic E-state index is 5.22. The molecule has 1 heterocycles. The lowest BCUT2D eigenvalue weighted by molar-refractivity contribution is 0.201. The van der Waals surface area contributed by atoms with Crippen molar-refractivity contribution in [2.24, 2.45) is 11.8 Å². The molecule has 1 rings (SSSR count). The van der Waals surface area contributed by atoms with Crippen LogP contribution in [0.25, 0.3) is 0 Å². The maximum Gasteiger partial charge on any atom is 0.0100 e. The lowest BCUT2D eigenvalue weighted by Gasteiger charge is -2.29. The van der Waals surface area contributed by atoms with Crippen molar-refractivity contribution < 1.29 is 0 Å². The van der Waals surface area contributed by atoms with Crippen LogP contribution in [0.5, 0.6) is 0 Å². The maximum atomic E-state index is 5.22. The summed E-state index contributed by atoms with van der Waals surface area (Å²) in [5.74, 6) is 6.08. The van der Waals surface area contributed by atoms with Gasteiger partial charge in [0.1, 0.15) is 0 Å². The van der Waals surface area contributed by atoms with Gasteiger partial charge in [0.25, 0.3) is 0 Å². The minimum absolute atomic E-state index is 0.866. The molecule has 0 aliphatic carbocycles. The van der Waals surface area contributed by atoms with Crippen molar-refractivity contribution in [2.75, 3.05) is 26.7 Å². The molecule has 1 saturated heterocycles. The predicted molar refractivity (Wildman–Crippen MR) is 47.0 cm³/mol. The molecule has 1 aliphatic heterocycles. The zero-order chi connectivity index (χ0) is 8.10. The average molecular weight is 157 g/mol. The van der Waals surface area contributed by atoms with Gasteiger partial charge in [-0.1, -0.05) is 0 Å². The van der Waals surface area contributed by atoms with Crippen molar-refractivity contribution in [1.29, 1.82) is 0 Å². The molecule has 3 nitrogen and oxygen atoms in total. The van der Waals surface area contributed by atoms with E-state index in [4.69, 9.17) is 5.84 Å². The Bertz CT molecular complexity index is 106. The highest BCUT2D eigenvalue weighted by atomic mass is 15.2. The Balaban J connectivity index is 2.12. The van der Waals surface area contributed by atoms with Crippen molar-refractivity contribution in [3.8, 4) is 0 Å². The van der Waals surface area contributed by atoms with Crippen LogP contribution in [-0.2, 0) is 0 Å². The third-order valence-electron chi connectivity index (χ3n) is 2.42. The van der Waals surface area contributed by atoms with Crippen LogP contribution in [0.1, 0.15) is 19.3 Å². The fraction of sp³-hybridized carbons (Fsp3) is 1.00. The van der Waals surface area contributed by atoms with Gasteiger partial charge in [-0.2, -0.15) is 0 Å². The molecular formula is C8H19N3. The molecule has 1 atom stereocenters. The van der Waals surface area contributed by atoms with E-state index in [1.54, 1.807) is 0 Å². The molecule has 3 N–H and O–H groups in total. The Morgan fingerprint density at radius 3 is 3.09 bits per heavy atom. The molecule has 0 spiro atoms. The highest BCUT2D eigenvalue weighted by molar-refractivity contribution is 4.70. The summed E-state index contributed by atoms with van der Waals surface area (Å²) in [5.41, 5.74) is 2.71. The Morgan fingerprint density at radius 2 is 2.45 bits per heavy atom. The molecule has 0 saturated carbocycles. The van der Waals surface area contributed by atoms with Gasteiger partial charge in [-0.25, -0.2) is 0 Å². The van der Waals surface area contributed by atoms with E-state index >= 15 is 0 Å². The van der Waals surface area contributed by atoms with Crippen LogP contribution in [0, 0.1) is 5.92 Å². The Kier molecular flexibility index (Phi) is 3.83. The number of nitrogens with two attached hydrogens (primary N) is 1. The molecule has 1 aliphatic rings. The molecule has 1 fully saturated rings. The molecular weight excluding hydrogens is 138 g/mol. The van der Waals surface area contributed by atoms with Gasteiger partial charge in [0.15, 0.2) is 0 Å². The van der Waals surface area contributed by atoms with Crippen LogP contribution in [-0.4, -0.2) is 31.6 Å². The van der Waals surface area contributed by atoms with Gasteiger partial charge in [-0.05, 0) is 38.8 Å². The van der Waals surface area contributed by atoms with Crippen molar-refractivity contribution in [3.05, 3.63) is 0 Å². The molecule has 0 amide bonds. The van der Waals surface area contributed by atoms with Gasteiger partial charge in [-0.15, -0.1) is 0 Å². The van der Waals surface area contributed by atoms with Crippen molar-refractivity contribution >= 4 is 0 Å². The van der Waals surface area contributed by atoms with Gasteiger partial charge >= 0.3 is 0 Å². The van der Waals surface area contributed by atoms with E-state index in [9.17, 15) is 0 Å². The number of nitrogens with one attached hydrogen (secondary N) is 1. The molecule has 0 aromatic heterocycles. The molecule has 66 valence electrons. The zero-order valence-corrected chi connectivity index (χ0v) is 7.34. The summed E-state index contributed by atoms with van der Waals surface area (Å²) in [6, 6.07) is 0. The van der Waals surface area contributed by atoms with Crippen LogP contribution in [0.15, 0.2) is 0 Å². The van der Waals surface area contributed by atoms with E-state index in [0.717, 1.165) is 12.5 Å². The normalized spacial score (nSPS) is 27.3. The highest BCUT2D eigenvalue weighted by Gasteiger charge is 2.15. The first kappa shape index (κ1) is 8.97. The zero-order valence-electron chi connectivity index (χ0n) is 7.34. The smallest absolute Gasteiger partial charge is 0.0100 e. The average Bonchev–Trinajstić information content (AvgIpc) is 2.01. The second-order valence-corrected chi connectivity index (χ2v) is 3.51. The van der Waals surface area contributed by atoms with Gasteiger partial charge < -0.3 is 4.90 Å². The van der Waals surface area contributed by atoms with E-state index in [2.05, 4.69) is 17.4 Å². The number of hydrogen-bond acceptors (Lipinski definition) is 3. The molecule has 11 heavy (non-hydrogen) atoms. The lowest BCUT2D eigenvalue weighted by atomic mass is 9.95. The number of nitrogens with zero attached hydrogens (tertiary/aromatic N) is 1. The predicted octanol–water partition coefficient (Wildman–Crippen LogP) is 0.182. The van der Waals surface area contributed by atoms with E-state index in [1.165, 1.54) is 32.4 Å². The molecule has 1 unspecified atom stereocenters. The van der Waals surface area contributed by atoms with Gasteiger partial charge in [0.2, 0.25) is 0 Å². The standard InChI is InChI=1S/C8H19N3/c1-11-6-2-3-8(7-11)4-5-10-9/h8,10H,2-7,9H2,1H3. The van der Waals surface area contributed by atoms with Crippen LogP contribution < -0.4 is 11.3 Å². The largest absolute Gasteiger partial charge is 0.306 e. The van der Waals surface area contributed by atoms with Crippen LogP contribution in [0.3, 0.4) is 0 Å². The molecule has 3 heteroatoms. The quantitative estimate of drug-likeness (QED) is 0.453. The fourth-order valence-electron chi connectivity index (χ4n) is 1.80. The Morgan fingerprint density at radius 1 is 1.64 bits per heavy atom. The summed E-state index contributed by atoms with van der Waals surface area (Å²) in [5, 5.41) is 0. The second kappa shape index (κ2) is 4.70. The van der Waals surface area contributed by atoms with Crippen LogP contribution in [0.2, 0.25) is 0 Å². The van der Waals surface area contributed by atoms with Gasteiger partial charge in [-0.3, -0.25) is 11.3 Å². The van der Waals surface area contributed by atoms with Gasteiger partial charge in [0, 0.05) is 13.1 Å². The fourth-order valence-corrected chi connectivity index (χ4v) is 1.80. The van der Waals surface area contributed by atoms with Crippen molar-refractivity contribution in [2.45, 2.75) is 19.3 Å². The first-order valence-electron chi connectivity index (χ1n) is 4.45. The summed E-state index contributed by atoms with van der Waals surface area (Å²) < 4.78 is 0. The first-order valence-corrected chi connectivity index (χ1v) is 4.45. The minimum atomic E-state index is 0.866. The monoisotopic (exact) mass is 157 g/mol. The lowest BCUT2D eigenvalue weighted by Crippen LogP contribution is -2.34. The number of piperidine rings is 1.